The van der Waals surface area contributed by atoms with Crippen molar-refractivity contribution in [2.45, 2.75) is 0 Å². The van der Waals surface area contributed by atoms with E-state index in [1.807, 2.05) is 24.3 Å². The lowest BCUT2D eigenvalue weighted by Crippen LogP contribution is -1.73. The molecule has 1 aromatic carbocycles. The summed E-state index contributed by atoms with van der Waals surface area (Å²) in [5.41, 5.74) is 2.03. The van der Waals surface area contributed by atoms with Gasteiger partial charge in [0.05, 0.1) is 11.0 Å². The topological polar surface area (TPSA) is 17.8 Å². The van der Waals surface area contributed by atoms with Crippen LogP contribution < -0.4 is 0 Å². The van der Waals surface area contributed by atoms with Crippen LogP contribution >= 0.6 is 26.3 Å². The van der Waals surface area contributed by atoms with Gasteiger partial charge >= 0.3 is 0 Å². The van der Waals surface area contributed by atoms with Gasteiger partial charge in [-0.15, -0.1) is 0 Å². The lowest BCUT2D eigenvalue weighted by Gasteiger charge is -1.88. The van der Waals surface area contributed by atoms with Crippen LogP contribution in [0.15, 0.2) is 30.6 Å². The van der Waals surface area contributed by atoms with Crippen LogP contribution in [-0.4, -0.2) is 8.96 Å². The van der Waals surface area contributed by atoms with Crippen molar-refractivity contribution < 1.29 is 0 Å². The molecule has 1 aromatic heterocycles. The average Bonchev–Trinajstić information content (AvgIpc) is 2.34. The van der Waals surface area contributed by atoms with Crippen molar-refractivity contribution in [3.05, 3.63) is 30.6 Å². The molecule has 0 aliphatic rings. The summed E-state index contributed by atoms with van der Waals surface area (Å²) in [4.78, 5) is 4.10. The van der Waals surface area contributed by atoms with Crippen molar-refractivity contribution in [2.75, 3.05) is 0 Å². The highest BCUT2D eigenvalue weighted by molar-refractivity contribution is 7.78. The number of hydrogen-bond acceptors (Lipinski definition) is 2. The van der Waals surface area contributed by atoms with Crippen LogP contribution in [0.2, 0.25) is 0 Å². The molecule has 0 fully saturated rings. The van der Waals surface area contributed by atoms with E-state index in [2.05, 4.69) is 17.8 Å². The van der Waals surface area contributed by atoms with E-state index in [1.165, 1.54) is 0 Å². The Morgan fingerprint density at radius 3 is 2.73 bits per heavy atom. The molecule has 0 amide bonds. The van der Waals surface area contributed by atoms with Crippen molar-refractivity contribution in [2.24, 2.45) is 0 Å². The summed E-state index contributed by atoms with van der Waals surface area (Å²) < 4.78 is 1.70. The van der Waals surface area contributed by atoms with Crippen molar-refractivity contribution >= 4 is 37.3 Å². The molecule has 4 heteroatoms. The zero-order chi connectivity index (χ0) is 6.97. The molecular weight excluding hydrogens is 176 g/mol. The number of benzene rings is 1. The molecular formula is C7H8N2S2. The van der Waals surface area contributed by atoms with Gasteiger partial charge in [-0.2, -0.15) is 13.5 Å². The molecule has 0 aliphatic carbocycles. The fraction of sp³-hybridized carbons (Fsp3) is 0. The number of rotatable bonds is 0. The predicted molar refractivity (Wildman–Crippen MR) is 54.5 cm³/mol. The second-order valence-electron chi connectivity index (χ2n) is 2.08. The van der Waals surface area contributed by atoms with Crippen molar-refractivity contribution in [1.82, 2.24) is 8.96 Å². The molecule has 0 saturated carbocycles. The van der Waals surface area contributed by atoms with E-state index < -0.39 is 0 Å². The molecule has 58 valence electrons. The molecule has 0 aliphatic heterocycles. The van der Waals surface area contributed by atoms with Crippen LogP contribution in [0.25, 0.3) is 11.0 Å². The van der Waals surface area contributed by atoms with E-state index >= 15 is 0 Å². The smallest absolute Gasteiger partial charge is 0.106 e. The first-order valence-corrected chi connectivity index (χ1v) is 3.39. The third-order valence-electron chi connectivity index (χ3n) is 1.43. The average molecular weight is 184 g/mol. The van der Waals surface area contributed by atoms with E-state index in [4.69, 9.17) is 0 Å². The van der Waals surface area contributed by atoms with Gasteiger partial charge in [0.25, 0.3) is 0 Å². The highest BCUT2D eigenvalue weighted by atomic mass is 32.1. The van der Waals surface area contributed by atoms with Gasteiger partial charge in [-0.3, -0.25) is 3.97 Å². The van der Waals surface area contributed by atoms with Crippen LogP contribution in [0.4, 0.5) is 0 Å². The summed E-state index contributed by atoms with van der Waals surface area (Å²) in [7, 11) is 0. The first kappa shape index (κ1) is 8.49. The molecule has 11 heavy (non-hydrogen) atoms. The van der Waals surface area contributed by atoms with Crippen molar-refractivity contribution in [1.29, 1.82) is 0 Å². The third-order valence-corrected chi connectivity index (χ3v) is 1.75. The van der Waals surface area contributed by atoms with Gasteiger partial charge < -0.3 is 0 Å². The van der Waals surface area contributed by atoms with Crippen molar-refractivity contribution in [3.8, 4) is 0 Å². The van der Waals surface area contributed by atoms with Gasteiger partial charge in [0.15, 0.2) is 0 Å². The minimum absolute atomic E-state index is 0. The normalized spacial score (nSPS) is 9.55. The first-order chi connectivity index (χ1) is 4.88. The Morgan fingerprint density at radius 2 is 2.00 bits per heavy atom. The summed E-state index contributed by atoms with van der Waals surface area (Å²) in [5, 5.41) is 0. The van der Waals surface area contributed by atoms with E-state index in [1.54, 1.807) is 10.3 Å². The van der Waals surface area contributed by atoms with Crippen LogP contribution in [0.3, 0.4) is 0 Å². The Balaban J connectivity index is 0.000000605. The second-order valence-corrected chi connectivity index (χ2v) is 2.51. The quantitative estimate of drug-likeness (QED) is 0.619. The van der Waals surface area contributed by atoms with Gasteiger partial charge in [0.1, 0.15) is 6.33 Å². The molecule has 0 N–H and O–H groups in total. The fourth-order valence-corrected chi connectivity index (χ4v) is 1.17. The van der Waals surface area contributed by atoms with Crippen LogP contribution in [0, 0.1) is 0 Å². The maximum Gasteiger partial charge on any atom is 0.106 e. The highest BCUT2D eigenvalue weighted by Gasteiger charge is 1.94. The summed E-state index contributed by atoms with van der Waals surface area (Å²) >= 11 is 4.16. The molecule has 0 radical (unpaired) electrons. The van der Waals surface area contributed by atoms with E-state index in [-0.39, 0.29) is 13.5 Å². The summed E-state index contributed by atoms with van der Waals surface area (Å²) in [6.07, 6.45) is 1.69. The first-order valence-electron chi connectivity index (χ1n) is 2.99. The zero-order valence-electron chi connectivity index (χ0n) is 5.73. The fourth-order valence-electron chi connectivity index (χ4n) is 0.946. The molecule has 1 heterocycles. The Kier molecular flexibility index (Phi) is 2.46. The highest BCUT2D eigenvalue weighted by Crippen LogP contribution is 2.11. The molecule has 0 bridgehead atoms. The minimum atomic E-state index is 0. The van der Waals surface area contributed by atoms with Crippen LogP contribution in [0.1, 0.15) is 0 Å². The maximum atomic E-state index is 4.16. The maximum absolute atomic E-state index is 4.16. The molecule has 2 aromatic rings. The Morgan fingerprint density at radius 1 is 1.27 bits per heavy atom. The lowest BCUT2D eigenvalue weighted by atomic mass is 10.3. The number of imidazole rings is 1. The van der Waals surface area contributed by atoms with Gasteiger partial charge in [0, 0.05) is 0 Å². The summed E-state index contributed by atoms with van der Waals surface area (Å²) in [6, 6.07) is 7.87. The van der Waals surface area contributed by atoms with Gasteiger partial charge in [-0.05, 0) is 12.1 Å². The number of para-hydroxylation sites is 2. The number of thiol groups is 1. The number of fused-ring (bicyclic) bond motifs is 1. The predicted octanol–water partition coefficient (Wildman–Crippen LogP) is 1.84. The second kappa shape index (κ2) is 3.19. The largest absolute Gasteiger partial charge is 0.275 e. The van der Waals surface area contributed by atoms with Gasteiger partial charge in [0.2, 0.25) is 0 Å². The monoisotopic (exact) mass is 184 g/mol. The van der Waals surface area contributed by atoms with E-state index in [9.17, 15) is 0 Å². The molecule has 0 spiro atoms. The van der Waals surface area contributed by atoms with Crippen LogP contribution in [0.5, 0.6) is 0 Å². The standard InChI is InChI=1S/C7H6N2S.H2S/c10-9-5-8-6-3-1-2-4-7(6)9;/h1-5,10H;1H2. The lowest BCUT2D eigenvalue weighted by molar-refractivity contribution is 1.28. The van der Waals surface area contributed by atoms with Gasteiger partial charge in [-0.1, -0.05) is 24.9 Å². The molecule has 0 atom stereocenters. The number of nitrogens with zero attached hydrogens (tertiary/aromatic N) is 2. The summed E-state index contributed by atoms with van der Waals surface area (Å²) in [6.45, 7) is 0. The molecule has 2 nitrogen and oxygen atoms in total. The Bertz CT molecular complexity index is 356. The van der Waals surface area contributed by atoms with Gasteiger partial charge in [-0.25, -0.2) is 4.98 Å². The van der Waals surface area contributed by atoms with Crippen LogP contribution in [-0.2, 0) is 0 Å². The number of hydrogen-bond donors (Lipinski definition) is 1. The van der Waals surface area contributed by atoms with E-state index in [0.717, 1.165) is 11.0 Å². The Labute approximate surface area is 77.2 Å². The molecule has 0 saturated heterocycles. The molecule has 2 rings (SSSR count). The Hall–Kier alpha value is -0.610. The van der Waals surface area contributed by atoms with E-state index in [0.29, 0.717) is 0 Å². The zero-order valence-corrected chi connectivity index (χ0v) is 7.62. The minimum Gasteiger partial charge on any atom is -0.275 e. The third kappa shape index (κ3) is 1.36. The molecule has 0 unspecified atom stereocenters. The SMILES string of the molecule is S.Sn1cnc2ccccc21. The van der Waals surface area contributed by atoms with Crippen molar-refractivity contribution in [3.63, 3.8) is 0 Å². The number of aromatic nitrogens is 2. The summed E-state index contributed by atoms with van der Waals surface area (Å²) in [5.74, 6) is 0.